The molecule has 0 aromatic heterocycles. The topological polar surface area (TPSA) is 92.5 Å². The van der Waals surface area contributed by atoms with Gasteiger partial charge in [-0.15, -0.1) is 0 Å². The molecule has 1 aliphatic carbocycles. The Morgan fingerprint density at radius 1 is 1.38 bits per heavy atom. The highest BCUT2D eigenvalue weighted by Crippen LogP contribution is 2.33. The number of carbonyl (C=O) groups is 1. The minimum atomic E-state index is -1.32. The smallest absolute Gasteiger partial charge is 0.306 e. The van der Waals surface area contributed by atoms with E-state index in [9.17, 15) is 23.7 Å². The number of nitrogens with one attached hydrogen (secondary N) is 1. The van der Waals surface area contributed by atoms with Gasteiger partial charge in [-0.1, -0.05) is 6.42 Å². The number of carboxylic acid groups (broad SMARTS) is 1. The molecular formula is C13H14F2N2O4. The molecule has 0 saturated heterocycles. The van der Waals surface area contributed by atoms with Crippen molar-refractivity contribution in [2.45, 2.75) is 31.7 Å². The summed E-state index contributed by atoms with van der Waals surface area (Å²) in [6.45, 7) is 0. The van der Waals surface area contributed by atoms with E-state index >= 15 is 0 Å². The van der Waals surface area contributed by atoms with Crippen molar-refractivity contribution in [3.05, 3.63) is 33.9 Å². The summed E-state index contributed by atoms with van der Waals surface area (Å²) in [6, 6.07) is 1.15. The summed E-state index contributed by atoms with van der Waals surface area (Å²) in [5.74, 6) is -4.03. The van der Waals surface area contributed by atoms with E-state index in [1.165, 1.54) is 0 Å². The first kappa shape index (κ1) is 15.1. The Morgan fingerprint density at radius 2 is 2.10 bits per heavy atom. The highest BCUT2D eigenvalue weighted by atomic mass is 19.2. The molecule has 0 radical (unpaired) electrons. The monoisotopic (exact) mass is 300 g/mol. The van der Waals surface area contributed by atoms with E-state index < -0.39 is 45.9 Å². The van der Waals surface area contributed by atoms with E-state index in [0.717, 1.165) is 6.07 Å². The van der Waals surface area contributed by atoms with Crippen LogP contribution in [0.15, 0.2) is 12.1 Å². The normalized spacial score (nSPS) is 21.8. The molecule has 1 fully saturated rings. The molecule has 0 bridgehead atoms. The molecule has 0 aliphatic heterocycles. The number of halogens is 2. The Bertz CT molecular complexity index is 580. The maximum absolute atomic E-state index is 13.8. The maximum atomic E-state index is 13.8. The van der Waals surface area contributed by atoms with E-state index in [4.69, 9.17) is 5.11 Å². The fourth-order valence-corrected chi connectivity index (χ4v) is 2.58. The Kier molecular flexibility index (Phi) is 4.35. The number of nitro benzene ring substituents is 1. The van der Waals surface area contributed by atoms with Gasteiger partial charge >= 0.3 is 5.97 Å². The highest BCUT2D eigenvalue weighted by molar-refractivity contribution is 5.70. The van der Waals surface area contributed by atoms with Gasteiger partial charge in [-0.3, -0.25) is 14.9 Å². The Balaban J connectivity index is 2.24. The second-order valence-corrected chi connectivity index (χ2v) is 5.06. The number of hydrogen-bond donors (Lipinski definition) is 2. The lowest BCUT2D eigenvalue weighted by Crippen LogP contribution is -2.31. The zero-order chi connectivity index (χ0) is 15.6. The van der Waals surface area contributed by atoms with Crippen molar-refractivity contribution < 1.29 is 23.6 Å². The van der Waals surface area contributed by atoms with Crippen LogP contribution < -0.4 is 5.32 Å². The van der Waals surface area contributed by atoms with Crippen LogP contribution in [0.4, 0.5) is 20.2 Å². The number of aliphatic carboxylic acids is 1. The summed E-state index contributed by atoms with van der Waals surface area (Å²) in [5.41, 5.74) is -1.08. The van der Waals surface area contributed by atoms with Crippen molar-refractivity contribution in [3.63, 3.8) is 0 Å². The van der Waals surface area contributed by atoms with E-state index in [0.29, 0.717) is 25.3 Å². The third kappa shape index (κ3) is 3.26. The number of anilines is 1. The maximum Gasteiger partial charge on any atom is 0.306 e. The fourth-order valence-electron chi connectivity index (χ4n) is 2.58. The quantitative estimate of drug-likeness (QED) is 0.659. The second kappa shape index (κ2) is 6.02. The average molecular weight is 300 g/mol. The summed E-state index contributed by atoms with van der Waals surface area (Å²) < 4.78 is 27.0. The second-order valence-electron chi connectivity index (χ2n) is 5.06. The van der Waals surface area contributed by atoms with Gasteiger partial charge in [-0.2, -0.15) is 0 Å². The van der Waals surface area contributed by atoms with E-state index in [2.05, 4.69) is 5.32 Å². The summed E-state index contributed by atoms with van der Waals surface area (Å²) in [4.78, 5) is 21.1. The zero-order valence-corrected chi connectivity index (χ0v) is 11.0. The standard InChI is InChI=1S/C13H14F2N2O4/c14-9-4-5-10(17(20)21)12(11(9)15)16-8-3-1-2-7(6-8)13(18)19/h4-5,7-8,16H,1-3,6H2,(H,18,19). The van der Waals surface area contributed by atoms with Gasteiger partial charge in [0.25, 0.3) is 5.69 Å². The van der Waals surface area contributed by atoms with Crippen molar-refractivity contribution >= 4 is 17.3 Å². The van der Waals surface area contributed by atoms with Gasteiger partial charge in [-0.05, 0) is 25.3 Å². The number of carboxylic acids is 1. The van der Waals surface area contributed by atoms with Crippen LogP contribution in [0.5, 0.6) is 0 Å². The lowest BCUT2D eigenvalue weighted by Gasteiger charge is -2.28. The fraction of sp³-hybridized carbons (Fsp3) is 0.462. The van der Waals surface area contributed by atoms with E-state index in [-0.39, 0.29) is 6.42 Å². The minimum absolute atomic E-state index is 0.225. The first-order valence-corrected chi connectivity index (χ1v) is 6.52. The van der Waals surface area contributed by atoms with Crippen LogP contribution in [0, 0.1) is 27.7 Å². The molecule has 0 heterocycles. The van der Waals surface area contributed by atoms with Crippen molar-refractivity contribution in [3.8, 4) is 0 Å². The van der Waals surface area contributed by atoms with Gasteiger partial charge in [0.1, 0.15) is 0 Å². The van der Waals surface area contributed by atoms with Crippen molar-refractivity contribution in [1.82, 2.24) is 0 Å². The largest absolute Gasteiger partial charge is 0.481 e. The van der Waals surface area contributed by atoms with Gasteiger partial charge in [0.05, 0.1) is 10.8 Å². The summed E-state index contributed by atoms with van der Waals surface area (Å²) in [6.07, 6.45) is 1.90. The number of nitro groups is 1. The third-order valence-electron chi connectivity index (χ3n) is 3.64. The highest BCUT2D eigenvalue weighted by Gasteiger charge is 2.30. The number of benzene rings is 1. The Labute approximate surface area is 118 Å². The minimum Gasteiger partial charge on any atom is -0.481 e. The zero-order valence-electron chi connectivity index (χ0n) is 11.0. The van der Waals surface area contributed by atoms with Crippen LogP contribution in [-0.4, -0.2) is 22.0 Å². The number of nitrogens with zero attached hydrogens (tertiary/aromatic N) is 1. The van der Waals surface area contributed by atoms with Gasteiger partial charge in [0.15, 0.2) is 17.3 Å². The van der Waals surface area contributed by atoms with Gasteiger partial charge in [0, 0.05) is 12.1 Å². The Morgan fingerprint density at radius 3 is 2.71 bits per heavy atom. The summed E-state index contributed by atoms with van der Waals surface area (Å²) in [5, 5.41) is 22.5. The SMILES string of the molecule is O=C(O)C1CCCC(Nc2c([N+](=O)[O-])ccc(F)c2F)C1. The van der Waals surface area contributed by atoms with Crippen LogP contribution in [-0.2, 0) is 4.79 Å². The van der Waals surface area contributed by atoms with Crippen LogP contribution >= 0.6 is 0 Å². The van der Waals surface area contributed by atoms with Crippen molar-refractivity contribution in [2.24, 2.45) is 5.92 Å². The number of hydrogen-bond acceptors (Lipinski definition) is 4. The predicted molar refractivity (Wildman–Crippen MR) is 70.0 cm³/mol. The van der Waals surface area contributed by atoms with Crippen LogP contribution in [0.3, 0.4) is 0 Å². The summed E-state index contributed by atoms with van der Waals surface area (Å²) in [7, 11) is 0. The molecule has 1 aliphatic rings. The molecule has 1 aromatic rings. The first-order chi connectivity index (χ1) is 9.90. The average Bonchev–Trinajstić information content (AvgIpc) is 2.44. The number of rotatable bonds is 4. The van der Waals surface area contributed by atoms with Crippen molar-refractivity contribution in [1.29, 1.82) is 0 Å². The molecule has 8 heteroatoms. The molecule has 1 saturated carbocycles. The molecule has 21 heavy (non-hydrogen) atoms. The third-order valence-corrected chi connectivity index (χ3v) is 3.64. The molecule has 2 N–H and O–H groups in total. The van der Waals surface area contributed by atoms with Gasteiger partial charge in [-0.25, -0.2) is 8.78 Å². The molecule has 2 rings (SSSR count). The molecule has 1 aromatic carbocycles. The molecular weight excluding hydrogens is 286 g/mol. The Hall–Kier alpha value is -2.25. The summed E-state index contributed by atoms with van der Waals surface area (Å²) >= 11 is 0. The van der Waals surface area contributed by atoms with Crippen molar-refractivity contribution in [2.75, 3.05) is 5.32 Å². The molecule has 2 unspecified atom stereocenters. The lowest BCUT2D eigenvalue weighted by atomic mass is 9.85. The first-order valence-electron chi connectivity index (χ1n) is 6.52. The lowest BCUT2D eigenvalue weighted by molar-refractivity contribution is -0.384. The molecule has 2 atom stereocenters. The van der Waals surface area contributed by atoms with E-state index in [1.807, 2.05) is 0 Å². The van der Waals surface area contributed by atoms with Crippen LogP contribution in [0.25, 0.3) is 0 Å². The van der Waals surface area contributed by atoms with Crippen LogP contribution in [0.2, 0.25) is 0 Å². The van der Waals surface area contributed by atoms with Gasteiger partial charge < -0.3 is 10.4 Å². The molecule has 0 amide bonds. The van der Waals surface area contributed by atoms with Crippen LogP contribution in [0.1, 0.15) is 25.7 Å². The predicted octanol–water partition coefficient (Wildman–Crippen LogP) is 2.93. The van der Waals surface area contributed by atoms with E-state index in [1.54, 1.807) is 0 Å². The molecule has 114 valence electrons. The molecule has 6 nitrogen and oxygen atoms in total. The molecule has 0 spiro atoms. The van der Waals surface area contributed by atoms with Gasteiger partial charge in [0.2, 0.25) is 0 Å².